The highest BCUT2D eigenvalue weighted by atomic mass is 16.5. The van der Waals surface area contributed by atoms with Crippen LogP contribution in [-0.2, 0) is 14.3 Å². The minimum Gasteiger partial charge on any atom is -0.479 e. The molecule has 100 valence electrons. The highest BCUT2D eigenvalue weighted by Crippen LogP contribution is 2.34. The van der Waals surface area contributed by atoms with Crippen LogP contribution in [-0.4, -0.2) is 47.2 Å². The molecule has 1 aliphatic carbocycles. The number of aliphatic hydroxyl groups is 1. The summed E-state index contributed by atoms with van der Waals surface area (Å²) in [5.74, 6) is -0.945. The van der Waals surface area contributed by atoms with Gasteiger partial charge in [0.25, 0.3) is 0 Å². The van der Waals surface area contributed by atoms with E-state index >= 15 is 0 Å². The van der Waals surface area contributed by atoms with Crippen molar-refractivity contribution in [2.75, 3.05) is 7.11 Å². The van der Waals surface area contributed by atoms with Gasteiger partial charge in [0.1, 0.15) is 0 Å². The van der Waals surface area contributed by atoms with E-state index in [0.29, 0.717) is 25.7 Å². The number of ether oxygens (including phenoxy) is 2. The summed E-state index contributed by atoms with van der Waals surface area (Å²) in [6.45, 7) is 3.29. The topological polar surface area (TPSA) is 76.0 Å². The molecular weight excluding hydrogens is 224 g/mol. The lowest BCUT2D eigenvalue weighted by Crippen LogP contribution is -2.49. The van der Waals surface area contributed by atoms with Crippen LogP contribution >= 0.6 is 0 Å². The Kier molecular flexibility index (Phi) is 4.91. The van der Waals surface area contributed by atoms with Crippen LogP contribution in [0.25, 0.3) is 0 Å². The molecule has 0 aromatic heterocycles. The summed E-state index contributed by atoms with van der Waals surface area (Å²) in [5.41, 5.74) is -1.16. The zero-order valence-electron chi connectivity index (χ0n) is 10.7. The fourth-order valence-corrected chi connectivity index (χ4v) is 2.13. The molecule has 0 aliphatic heterocycles. The van der Waals surface area contributed by atoms with Crippen LogP contribution in [0.5, 0.6) is 0 Å². The number of aliphatic hydroxyl groups excluding tert-OH is 1. The average molecular weight is 246 g/mol. The van der Waals surface area contributed by atoms with Gasteiger partial charge in [0.15, 0.2) is 5.60 Å². The van der Waals surface area contributed by atoms with Crippen molar-refractivity contribution in [3.8, 4) is 0 Å². The van der Waals surface area contributed by atoms with Crippen LogP contribution in [0, 0.1) is 0 Å². The van der Waals surface area contributed by atoms with Gasteiger partial charge >= 0.3 is 5.97 Å². The maximum absolute atomic E-state index is 11.4. The molecule has 0 heterocycles. The summed E-state index contributed by atoms with van der Waals surface area (Å²) in [7, 11) is 1.64. The Labute approximate surface area is 102 Å². The van der Waals surface area contributed by atoms with Crippen LogP contribution in [0.2, 0.25) is 0 Å². The molecule has 2 N–H and O–H groups in total. The van der Waals surface area contributed by atoms with E-state index in [1.165, 1.54) is 0 Å². The third-order valence-corrected chi connectivity index (χ3v) is 3.55. The highest BCUT2D eigenvalue weighted by Gasteiger charge is 2.44. The van der Waals surface area contributed by atoms with Gasteiger partial charge in [-0.1, -0.05) is 0 Å². The van der Waals surface area contributed by atoms with Crippen molar-refractivity contribution >= 4 is 5.97 Å². The second kappa shape index (κ2) is 5.80. The summed E-state index contributed by atoms with van der Waals surface area (Å²) in [6.07, 6.45) is 1.17. The van der Waals surface area contributed by atoms with Crippen LogP contribution in [0.4, 0.5) is 0 Å². The Hall–Kier alpha value is -0.650. The van der Waals surface area contributed by atoms with E-state index in [0.717, 1.165) is 0 Å². The van der Waals surface area contributed by atoms with Crippen molar-refractivity contribution in [3.05, 3.63) is 0 Å². The van der Waals surface area contributed by atoms with E-state index in [1.54, 1.807) is 21.0 Å². The second-order valence-corrected chi connectivity index (χ2v) is 4.80. The Bertz CT molecular complexity index is 256. The molecule has 1 fully saturated rings. The Morgan fingerprint density at radius 1 is 1.35 bits per heavy atom. The number of carboxylic acid groups (broad SMARTS) is 1. The minimum atomic E-state index is -1.16. The van der Waals surface area contributed by atoms with E-state index in [4.69, 9.17) is 9.47 Å². The quantitative estimate of drug-likeness (QED) is 0.762. The molecule has 1 saturated carbocycles. The van der Waals surface area contributed by atoms with Gasteiger partial charge in [-0.2, -0.15) is 0 Å². The fourth-order valence-electron chi connectivity index (χ4n) is 2.13. The van der Waals surface area contributed by atoms with Gasteiger partial charge in [0.05, 0.1) is 18.3 Å². The monoisotopic (exact) mass is 246 g/mol. The van der Waals surface area contributed by atoms with Crippen molar-refractivity contribution in [3.63, 3.8) is 0 Å². The van der Waals surface area contributed by atoms with Crippen molar-refractivity contribution in [1.82, 2.24) is 0 Å². The number of rotatable bonds is 5. The van der Waals surface area contributed by atoms with Gasteiger partial charge in [-0.15, -0.1) is 0 Å². The number of hydrogen-bond acceptors (Lipinski definition) is 4. The zero-order chi connectivity index (χ0) is 13.1. The molecule has 5 heteroatoms. The number of methoxy groups -OCH3 is 1. The summed E-state index contributed by atoms with van der Waals surface area (Å²) < 4.78 is 10.8. The largest absolute Gasteiger partial charge is 0.479 e. The first-order valence-electron chi connectivity index (χ1n) is 6.03. The summed E-state index contributed by atoms with van der Waals surface area (Å²) in [6, 6.07) is 0. The van der Waals surface area contributed by atoms with Crippen LogP contribution in [0.1, 0.15) is 39.5 Å². The van der Waals surface area contributed by atoms with E-state index in [-0.39, 0.29) is 6.10 Å². The Morgan fingerprint density at radius 3 is 2.24 bits per heavy atom. The molecule has 0 amide bonds. The smallest absolute Gasteiger partial charge is 0.335 e. The predicted molar refractivity (Wildman–Crippen MR) is 61.9 cm³/mol. The second-order valence-electron chi connectivity index (χ2n) is 4.80. The minimum absolute atomic E-state index is 0.118. The fraction of sp³-hybridized carbons (Fsp3) is 0.917. The van der Waals surface area contributed by atoms with Crippen molar-refractivity contribution < 1.29 is 24.5 Å². The van der Waals surface area contributed by atoms with E-state index in [2.05, 4.69) is 0 Å². The van der Waals surface area contributed by atoms with E-state index in [1.807, 2.05) is 0 Å². The maximum atomic E-state index is 11.4. The molecule has 2 unspecified atom stereocenters. The van der Waals surface area contributed by atoms with Gasteiger partial charge < -0.3 is 19.7 Å². The summed E-state index contributed by atoms with van der Waals surface area (Å²) >= 11 is 0. The lowest BCUT2D eigenvalue weighted by Gasteiger charge is -2.38. The van der Waals surface area contributed by atoms with E-state index < -0.39 is 23.8 Å². The van der Waals surface area contributed by atoms with Crippen molar-refractivity contribution in [1.29, 1.82) is 0 Å². The van der Waals surface area contributed by atoms with Crippen LogP contribution in [0.3, 0.4) is 0 Å². The van der Waals surface area contributed by atoms with Crippen molar-refractivity contribution in [2.45, 2.75) is 63.4 Å². The highest BCUT2D eigenvalue weighted by molar-refractivity contribution is 5.77. The molecule has 0 radical (unpaired) electrons. The summed E-state index contributed by atoms with van der Waals surface area (Å²) in [5, 5.41) is 18.7. The number of aliphatic carboxylic acids is 1. The molecule has 5 nitrogen and oxygen atoms in total. The number of carboxylic acids is 1. The molecule has 1 aliphatic rings. The van der Waals surface area contributed by atoms with Gasteiger partial charge in [-0.05, 0) is 39.5 Å². The maximum Gasteiger partial charge on any atom is 0.335 e. The molecule has 0 saturated heterocycles. The molecule has 0 aromatic carbocycles. The molecule has 0 aromatic rings. The standard InChI is InChI=1S/C12H22O5/c1-8(13)9(2)17-12(11(14)15)6-4-10(16-3)5-7-12/h8-10,13H,4-7H2,1-3H3,(H,14,15). The molecule has 0 spiro atoms. The number of carbonyl (C=O) groups is 1. The van der Waals surface area contributed by atoms with Crippen LogP contribution < -0.4 is 0 Å². The summed E-state index contributed by atoms with van der Waals surface area (Å²) in [4.78, 5) is 11.4. The van der Waals surface area contributed by atoms with E-state index in [9.17, 15) is 15.0 Å². The third kappa shape index (κ3) is 3.40. The van der Waals surface area contributed by atoms with Crippen molar-refractivity contribution in [2.24, 2.45) is 0 Å². The molecule has 1 rings (SSSR count). The van der Waals surface area contributed by atoms with Gasteiger partial charge in [-0.25, -0.2) is 4.79 Å². The predicted octanol–water partition coefficient (Wildman–Crippen LogP) is 1.18. The molecular formula is C12H22O5. The lowest BCUT2D eigenvalue weighted by molar-refractivity contribution is -0.190. The van der Waals surface area contributed by atoms with Gasteiger partial charge in [-0.3, -0.25) is 0 Å². The molecule has 17 heavy (non-hydrogen) atoms. The first-order valence-corrected chi connectivity index (χ1v) is 6.03. The first-order chi connectivity index (χ1) is 7.91. The van der Waals surface area contributed by atoms with Crippen LogP contribution in [0.15, 0.2) is 0 Å². The zero-order valence-corrected chi connectivity index (χ0v) is 10.7. The third-order valence-electron chi connectivity index (χ3n) is 3.55. The first kappa shape index (κ1) is 14.4. The lowest BCUT2D eigenvalue weighted by atomic mass is 9.83. The molecule has 2 atom stereocenters. The van der Waals surface area contributed by atoms with Gasteiger partial charge in [0, 0.05) is 7.11 Å². The SMILES string of the molecule is COC1CCC(OC(C)C(C)O)(C(=O)O)CC1. The van der Waals surface area contributed by atoms with Gasteiger partial charge in [0.2, 0.25) is 0 Å². The molecule has 0 bridgehead atoms. The normalized spacial score (nSPS) is 33.1. The Balaban J connectivity index is 2.68. The number of hydrogen-bond donors (Lipinski definition) is 2. The average Bonchev–Trinajstić information content (AvgIpc) is 2.29. The Morgan fingerprint density at radius 2 is 1.88 bits per heavy atom.